The lowest BCUT2D eigenvalue weighted by atomic mass is 9.97. The average Bonchev–Trinajstić information content (AvgIpc) is 2.54. The van der Waals surface area contributed by atoms with Crippen LogP contribution in [-0.4, -0.2) is 11.9 Å². The van der Waals surface area contributed by atoms with Crippen LogP contribution in [0.2, 0.25) is 5.02 Å². The summed E-state index contributed by atoms with van der Waals surface area (Å²) >= 11 is 5.96. The first-order valence-corrected chi connectivity index (χ1v) is 7.81. The first kappa shape index (κ1) is 16.3. The Bertz CT molecular complexity index is 647. The highest BCUT2D eigenvalue weighted by Gasteiger charge is 2.09. The van der Waals surface area contributed by atoms with Crippen molar-refractivity contribution in [3.63, 3.8) is 0 Å². The predicted octanol–water partition coefficient (Wildman–Crippen LogP) is 4.69. The third-order valence-electron chi connectivity index (χ3n) is 3.52. The summed E-state index contributed by atoms with van der Waals surface area (Å²) in [6.45, 7) is 4.04. The molecule has 0 saturated heterocycles. The standard InChI is InChI=1S/C19H20ClNO/c1-3-14(2)21-19(22)13-18(15-7-5-4-6-8-15)16-9-11-17(20)12-10-16/h4-14H,3H2,1-2H3,(H,21,22)/b18-13+. The Kier molecular flexibility index (Phi) is 5.79. The Hall–Kier alpha value is -2.06. The Morgan fingerprint density at radius 1 is 1.09 bits per heavy atom. The molecule has 0 saturated carbocycles. The molecule has 1 atom stereocenters. The van der Waals surface area contributed by atoms with Gasteiger partial charge in [0.25, 0.3) is 0 Å². The number of nitrogens with one attached hydrogen (secondary N) is 1. The van der Waals surface area contributed by atoms with E-state index < -0.39 is 0 Å². The van der Waals surface area contributed by atoms with Crippen molar-refractivity contribution in [1.29, 1.82) is 0 Å². The van der Waals surface area contributed by atoms with E-state index in [2.05, 4.69) is 5.32 Å². The van der Waals surface area contributed by atoms with Crippen LogP contribution < -0.4 is 5.32 Å². The molecule has 0 aliphatic rings. The van der Waals surface area contributed by atoms with Gasteiger partial charge in [-0.25, -0.2) is 0 Å². The fraction of sp³-hybridized carbons (Fsp3) is 0.211. The molecule has 0 fully saturated rings. The molecule has 2 rings (SSSR count). The van der Waals surface area contributed by atoms with Crippen LogP contribution in [0.15, 0.2) is 60.7 Å². The number of halogens is 1. The van der Waals surface area contributed by atoms with Crippen molar-refractivity contribution in [2.75, 3.05) is 0 Å². The molecule has 114 valence electrons. The zero-order valence-corrected chi connectivity index (χ0v) is 13.6. The number of carbonyl (C=O) groups excluding carboxylic acids is 1. The van der Waals surface area contributed by atoms with Crippen LogP contribution in [0.5, 0.6) is 0 Å². The van der Waals surface area contributed by atoms with E-state index in [1.807, 2.05) is 68.4 Å². The first-order valence-electron chi connectivity index (χ1n) is 7.43. The summed E-state index contributed by atoms with van der Waals surface area (Å²) in [5, 5.41) is 3.65. The Morgan fingerprint density at radius 2 is 1.68 bits per heavy atom. The maximum atomic E-state index is 12.2. The van der Waals surface area contributed by atoms with E-state index in [0.717, 1.165) is 23.1 Å². The third kappa shape index (κ3) is 4.47. The molecule has 2 aromatic carbocycles. The summed E-state index contributed by atoms with van der Waals surface area (Å²) in [6, 6.07) is 17.6. The molecule has 0 aliphatic heterocycles. The molecule has 2 nitrogen and oxygen atoms in total. The molecule has 1 unspecified atom stereocenters. The Labute approximate surface area is 136 Å². The monoisotopic (exact) mass is 313 g/mol. The van der Waals surface area contributed by atoms with Crippen molar-refractivity contribution in [3.8, 4) is 0 Å². The highest BCUT2D eigenvalue weighted by atomic mass is 35.5. The van der Waals surface area contributed by atoms with E-state index in [4.69, 9.17) is 11.6 Å². The lowest BCUT2D eigenvalue weighted by Gasteiger charge is -2.12. The molecule has 0 spiro atoms. The number of benzene rings is 2. The molecule has 2 aromatic rings. The lowest BCUT2D eigenvalue weighted by Crippen LogP contribution is -2.30. The van der Waals surface area contributed by atoms with Crippen LogP contribution in [0.1, 0.15) is 31.4 Å². The number of carbonyl (C=O) groups is 1. The van der Waals surface area contributed by atoms with Crippen molar-refractivity contribution in [2.24, 2.45) is 0 Å². The van der Waals surface area contributed by atoms with Gasteiger partial charge in [0.05, 0.1) is 0 Å². The average molecular weight is 314 g/mol. The molecule has 0 bridgehead atoms. The normalized spacial score (nSPS) is 12.8. The van der Waals surface area contributed by atoms with E-state index in [1.165, 1.54) is 0 Å². The molecule has 22 heavy (non-hydrogen) atoms. The summed E-state index contributed by atoms with van der Waals surface area (Å²) in [6.07, 6.45) is 2.56. The molecule has 0 aromatic heterocycles. The quantitative estimate of drug-likeness (QED) is 0.797. The highest BCUT2D eigenvalue weighted by molar-refractivity contribution is 6.30. The number of amides is 1. The van der Waals surface area contributed by atoms with Gasteiger partial charge in [-0.05, 0) is 42.2 Å². The van der Waals surface area contributed by atoms with Crippen LogP contribution in [-0.2, 0) is 4.79 Å². The second-order valence-electron chi connectivity index (χ2n) is 5.25. The topological polar surface area (TPSA) is 29.1 Å². The van der Waals surface area contributed by atoms with Crippen molar-refractivity contribution in [1.82, 2.24) is 5.32 Å². The van der Waals surface area contributed by atoms with Gasteiger partial charge >= 0.3 is 0 Å². The van der Waals surface area contributed by atoms with Gasteiger partial charge in [0, 0.05) is 17.1 Å². The van der Waals surface area contributed by atoms with Gasteiger partial charge in [0.1, 0.15) is 0 Å². The van der Waals surface area contributed by atoms with E-state index in [0.29, 0.717) is 5.02 Å². The first-order chi connectivity index (χ1) is 10.6. The van der Waals surface area contributed by atoms with Crippen LogP contribution in [0.4, 0.5) is 0 Å². The summed E-state index contributed by atoms with van der Waals surface area (Å²) in [7, 11) is 0. The lowest BCUT2D eigenvalue weighted by molar-refractivity contribution is -0.117. The van der Waals surface area contributed by atoms with Crippen LogP contribution in [0.25, 0.3) is 5.57 Å². The number of hydrogen-bond donors (Lipinski definition) is 1. The minimum absolute atomic E-state index is 0.0804. The fourth-order valence-electron chi connectivity index (χ4n) is 2.10. The highest BCUT2D eigenvalue weighted by Crippen LogP contribution is 2.24. The van der Waals surface area contributed by atoms with Gasteiger partial charge in [-0.3, -0.25) is 4.79 Å². The molecular formula is C19H20ClNO. The fourth-order valence-corrected chi connectivity index (χ4v) is 2.22. The van der Waals surface area contributed by atoms with Crippen molar-refractivity contribution < 1.29 is 4.79 Å². The Balaban J connectivity index is 2.38. The molecular weight excluding hydrogens is 294 g/mol. The van der Waals surface area contributed by atoms with E-state index >= 15 is 0 Å². The Morgan fingerprint density at radius 3 is 2.27 bits per heavy atom. The molecule has 1 N–H and O–H groups in total. The van der Waals surface area contributed by atoms with E-state index in [9.17, 15) is 4.79 Å². The predicted molar refractivity (Wildman–Crippen MR) is 92.9 cm³/mol. The zero-order valence-electron chi connectivity index (χ0n) is 12.8. The van der Waals surface area contributed by atoms with Gasteiger partial charge in [0.2, 0.25) is 5.91 Å². The summed E-state index contributed by atoms with van der Waals surface area (Å²) in [5.41, 5.74) is 2.86. The van der Waals surface area contributed by atoms with Crippen molar-refractivity contribution >= 4 is 23.1 Å². The second kappa shape index (κ2) is 7.81. The molecule has 0 heterocycles. The van der Waals surface area contributed by atoms with E-state index in [-0.39, 0.29) is 11.9 Å². The van der Waals surface area contributed by atoms with E-state index in [1.54, 1.807) is 6.08 Å². The smallest absolute Gasteiger partial charge is 0.244 e. The van der Waals surface area contributed by atoms with Gasteiger partial charge in [0.15, 0.2) is 0 Å². The molecule has 0 radical (unpaired) electrons. The largest absolute Gasteiger partial charge is 0.350 e. The summed E-state index contributed by atoms with van der Waals surface area (Å²) in [4.78, 5) is 12.2. The van der Waals surface area contributed by atoms with Gasteiger partial charge in [-0.15, -0.1) is 0 Å². The second-order valence-corrected chi connectivity index (χ2v) is 5.69. The summed E-state index contributed by atoms with van der Waals surface area (Å²) in [5.74, 6) is -0.0804. The minimum Gasteiger partial charge on any atom is -0.350 e. The summed E-state index contributed by atoms with van der Waals surface area (Å²) < 4.78 is 0. The van der Waals surface area contributed by atoms with Gasteiger partial charge in [-0.1, -0.05) is 61.0 Å². The minimum atomic E-state index is -0.0804. The molecule has 3 heteroatoms. The number of rotatable bonds is 5. The van der Waals surface area contributed by atoms with Crippen molar-refractivity contribution in [3.05, 3.63) is 76.8 Å². The van der Waals surface area contributed by atoms with Crippen molar-refractivity contribution in [2.45, 2.75) is 26.3 Å². The molecule has 1 amide bonds. The van der Waals surface area contributed by atoms with Gasteiger partial charge in [-0.2, -0.15) is 0 Å². The maximum Gasteiger partial charge on any atom is 0.244 e. The van der Waals surface area contributed by atoms with Gasteiger partial charge < -0.3 is 5.32 Å². The molecule has 0 aliphatic carbocycles. The van der Waals surface area contributed by atoms with Crippen LogP contribution >= 0.6 is 11.6 Å². The number of hydrogen-bond acceptors (Lipinski definition) is 1. The van der Waals surface area contributed by atoms with Crippen LogP contribution in [0.3, 0.4) is 0 Å². The zero-order chi connectivity index (χ0) is 15.9. The maximum absolute atomic E-state index is 12.2. The third-order valence-corrected chi connectivity index (χ3v) is 3.77. The van der Waals surface area contributed by atoms with Crippen LogP contribution in [0, 0.1) is 0 Å². The SMILES string of the molecule is CCC(C)NC(=O)/C=C(\c1ccccc1)c1ccc(Cl)cc1.